The summed E-state index contributed by atoms with van der Waals surface area (Å²) in [5.74, 6) is 2.00. The molecule has 0 unspecified atom stereocenters. The summed E-state index contributed by atoms with van der Waals surface area (Å²) < 4.78 is 6.69. The van der Waals surface area contributed by atoms with Crippen LogP contribution in [0.5, 0.6) is 0 Å². The van der Waals surface area contributed by atoms with Gasteiger partial charge in [-0.3, -0.25) is 13.7 Å². The molecule has 0 atom stereocenters. The van der Waals surface area contributed by atoms with Gasteiger partial charge in [0.1, 0.15) is 0 Å². The zero-order valence-corrected chi connectivity index (χ0v) is 74.3. The Morgan fingerprint density at radius 1 is 0.124 bits per heavy atom. The minimum absolute atomic E-state index is 0.662. The van der Waals surface area contributed by atoms with Crippen LogP contribution in [0.1, 0.15) is 0 Å². The van der Waals surface area contributed by atoms with Crippen LogP contribution in [0.15, 0.2) is 491 Å². The molecule has 6 aromatic heterocycles. The van der Waals surface area contributed by atoms with Gasteiger partial charge in [0, 0.05) is 65.2 Å². The first-order chi connectivity index (χ1) is 67.9. The highest BCUT2D eigenvalue weighted by atomic mass is 15.2. The predicted molar refractivity (Wildman–Crippen MR) is 573 cm³/mol. The molecule has 22 aromatic carbocycles. The Morgan fingerprint density at radius 3 is 0.766 bits per heavy atom. The lowest BCUT2D eigenvalue weighted by atomic mass is 9.97. The maximum atomic E-state index is 5.43. The van der Waals surface area contributed by atoms with Crippen LogP contribution in [-0.2, 0) is 0 Å². The van der Waals surface area contributed by atoms with Gasteiger partial charge in [-0.15, -0.1) is 0 Å². The second kappa shape index (κ2) is 33.4. The molecule has 9 heteroatoms. The third-order valence-corrected chi connectivity index (χ3v) is 27.1. The van der Waals surface area contributed by atoms with E-state index in [1.54, 1.807) is 0 Å². The summed E-state index contributed by atoms with van der Waals surface area (Å²) in [5, 5.41) is 22.3. The molecule has 137 heavy (non-hydrogen) atoms. The number of benzene rings is 22. The molecule has 0 saturated heterocycles. The van der Waals surface area contributed by atoms with Crippen molar-refractivity contribution >= 4 is 152 Å². The number of nitrogens with zero attached hydrogens (tertiary/aromatic N) is 9. The Kier molecular flexibility index (Phi) is 19.4. The van der Waals surface area contributed by atoms with E-state index in [0.717, 1.165) is 116 Å². The number of hydrogen-bond acceptors (Lipinski definition) is 6. The number of fused-ring (bicyclic) bond motifs is 17. The zero-order valence-electron chi connectivity index (χ0n) is 74.3. The molecule has 0 aliphatic rings. The molecule has 0 amide bonds. The third kappa shape index (κ3) is 14.3. The lowest BCUT2D eigenvalue weighted by Crippen LogP contribution is -2.04. The van der Waals surface area contributed by atoms with Crippen molar-refractivity contribution in [2.75, 3.05) is 0 Å². The van der Waals surface area contributed by atoms with E-state index >= 15 is 0 Å². The highest BCUT2D eigenvalue weighted by Crippen LogP contribution is 2.44. The Hall–Kier alpha value is -18.4. The lowest BCUT2D eigenvalue weighted by Gasteiger charge is -2.14. The molecule has 0 fully saturated rings. The predicted octanol–water partition coefficient (Wildman–Crippen LogP) is 33.3. The Balaban J connectivity index is 0.000000107. The van der Waals surface area contributed by atoms with Crippen LogP contribution in [0.3, 0.4) is 0 Å². The van der Waals surface area contributed by atoms with Crippen molar-refractivity contribution in [3.63, 3.8) is 0 Å². The largest absolute Gasteiger partial charge is 0.278 e. The van der Waals surface area contributed by atoms with Gasteiger partial charge in [-0.25, -0.2) is 29.9 Å². The third-order valence-electron chi connectivity index (χ3n) is 27.1. The Labute approximate surface area is 788 Å². The van der Waals surface area contributed by atoms with E-state index in [0.29, 0.717) is 17.8 Å². The van der Waals surface area contributed by atoms with Gasteiger partial charge in [0.05, 0.1) is 66.7 Å². The van der Waals surface area contributed by atoms with E-state index in [1.807, 2.05) is 6.07 Å². The molecule has 28 rings (SSSR count). The van der Waals surface area contributed by atoms with Crippen LogP contribution >= 0.6 is 0 Å². The quantitative estimate of drug-likeness (QED) is 0.128. The molecule has 6 heterocycles. The second-order valence-corrected chi connectivity index (χ2v) is 35.2. The summed E-state index contributed by atoms with van der Waals surface area (Å²) in [6.45, 7) is 0. The van der Waals surface area contributed by atoms with Crippen molar-refractivity contribution in [1.82, 2.24) is 43.6 Å². The van der Waals surface area contributed by atoms with E-state index < -0.39 is 0 Å². The average Bonchev–Trinajstić information content (AvgIpc) is 1.61. The van der Waals surface area contributed by atoms with Gasteiger partial charge < -0.3 is 0 Å². The van der Waals surface area contributed by atoms with E-state index in [2.05, 4.69) is 499 Å². The summed E-state index contributed by atoms with van der Waals surface area (Å²) >= 11 is 0. The van der Waals surface area contributed by atoms with Crippen LogP contribution in [0.2, 0.25) is 0 Å². The number of hydrogen-bond donors (Lipinski definition) is 0. The highest BCUT2D eigenvalue weighted by Gasteiger charge is 2.25. The van der Waals surface area contributed by atoms with E-state index in [1.165, 1.54) is 125 Å². The molecule has 9 nitrogen and oxygen atoms in total. The minimum Gasteiger partial charge on any atom is -0.278 e. The first kappa shape index (κ1) is 79.5. The molecular formula is C128H81N9. The fourth-order valence-corrected chi connectivity index (χ4v) is 20.4. The summed E-state index contributed by atoms with van der Waals surface area (Å²) in [6.07, 6.45) is 0. The molecule has 0 N–H and O–H groups in total. The normalized spacial score (nSPS) is 11.6. The van der Waals surface area contributed by atoms with Crippen LogP contribution < -0.4 is 0 Å². The van der Waals surface area contributed by atoms with Gasteiger partial charge in [-0.1, -0.05) is 394 Å². The number of para-hydroxylation sites is 3. The summed E-state index contributed by atoms with van der Waals surface area (Å²) in [6, 6.07) is 174. The maximum Gasteiger partial charge on any atom is 0.235 e. The molecule has 0 spiro atoms. The van der Waals surface area contributed by atoms with Crippen molar-refractivity contribution in [3.8, 4) is 107 Å². The highest BCUT2D eigenvalue weighted by molar-refractivity contribution is 6.17. The first-order valence-electron chi connectivity index (χ1n) is 46.5. The van der Waals surface area contributed by atoms with E-state index in [4.69, 9.17) is 29.9 Å². The zero-order chi connectivity index (χ0) is 90.4. The SMILES string of the molecule is c1ccc(-c2ccc(-c3nc(-n4c5ccccc5c5cc6ccccc6cc54)nc4ccc(-c5ccccc5)cc34)cc2)cc1.c1ccc(-c2ccc3nc(-n4c5ccccc5c5cc6ccccc6cc54)nc(-c4ccc(-c5ccc6ccccc6c5)cc4)c3c2)cc1.c1ccc(-c2ccc3nc(-n4c5ccccc5c5cc6ccccc6cc54)nc(-c4cccc5ccccc45)c3c2)cc1. The maximum absolute atomic E-state index is 5.43. The molecule has 0 saturated carbocycles. The summed E-state index contributed by atoms with van der Waals surface area (Å²) in [4.78, 5) is 32.0. The smallest absolute Gasteiger partial charge is 0.235 e. The molecule has 0 bridgehead atoms. The lowest BCUT2D eigenvalue weighted by molar-refractivity contribution is 1.01. The standard InChI is InChI=1S/C46H29N3.C42H27N3.C40H25N3/c1-2-10-30(11-3-1)38-24-25-42-41(28-38)45(33-21-18-32(19-22-33)37-23-20-31-12-4-5-13-34(31)26-37)48-46(47-42)49-43-17-9-8-16-39(43)40-27-35-14-6-7-15-36(35)29-44(40)49;1-3-11-28(12-4-1)30-19-21-31(22-20-30)41-37-26-34(29-13-5-2-6-14-29)23-24-38(37)43-42(44-41)45-39-18-10-9-17-35(39)36-25-32-15-7-8-16-33(32)27-40(36)45;1-2-11-26(12-3-1)30-21-22-36-35(24-30)39(33-19-10-16-27-13-6-7-17-31(27)33)42-40(41-36)43-37-20-9-8-18-32(37)34-23-28-14-4-5-15-29(28)25-38(34)43/h1-29H;1-27H;1-25H. The molecular weight excluding hydrogens is 1660 g/mol. The summed E-state index contributed by atoms with van der Waals surface area (Å²) in [7, 11) is 0. The number of rotatable bonds is 11. The number of aromatic nitrogens is 9. The van der Waals surface area contributed by atoms with E-state index in [9.17, 15) is 0 Å². The molecule has 28 aromatic rings. The van der Waals surface area contributed by atoms with Crippen LogP contribution in [-0.4, -0.2) is 43.6 Å². The fourth-order valence-electron chi connectivity index (χ4n) is 20.4. The molecule has 0 aliphatic heterocycles. The summed E-state index contributed by atoms with van der Waals surface area (Å²) in [5.41, 5.74) is 27.0. The fraction of sp³-hybridized carbons (Fsp3) is 0. The monoisotopic (exact) mass is 1740 g/mol. The molecule has 0 aliphatic carbocycles. The van der Waals surface area contributed by atoms with Gasteiger partial charge in [0.2, 0.25) is 17.8 Å². The van der Waals surface area contributed by atoms with Crippen molar-refractivity contribution < 1.29 is 0 Å². The average molecular weight is 1750 g/mol. The minimum atomic E-state index is 0.662. The van der Waals surface area contributed by atoms with Crippen molar-refractivity contribution in [2.24, 2.45) is 0 Å². The van der Waals surface area contributed by atoms with Gasteiger partial charge in [0.15, 0.2) is 0 Å². The van der Waals surface area contributed by atoms with Crippen molar-refractivity contribution in [2.45, 2.75) is 0 Å². The van der Waals surface area contributed by atoms with Crippen LogP contribution in [0.25, 0.3) is 259 Å². The van der Waals surface area contributed by atoms with Crippen LogP contribution in [0, 0.1) is 0 Å². The Morgan fingerprint density at radius 2 is 0.380 bits per heavy atom. The van der Waals surface area contributed by atoms with Gasteiger partial charge in [-0.05, 0) is 207 Å². The molecule has 638 valence electrons. The van der Waals surface area contributed by atoms with E-state index in [-0.39, 0.29) is 0 Å². The first-order valence-corrected chi connectivity index (χ1v) is 46.5. The van der Waals surface area contributed by atoms with Crippen LogP contribution in [0.4, 0.5) is 0 Å². The van der Waals surface area contributed by atoms with Gasteiger partial charge >= 0.3 is 0 Å². The van der Waals surface area contributed by atoms with Gasteiger partial charge in [-0.2, -0.15) is 0 Å². The Bertz CT molecular complexity index is 9640. The molecule has 0 radical (unpaired) electrons. The van der Waals surface area contributed by atoms with Crippen molar-refractivity contribution in [1.29, 1.82) is 0 Å². The second-order valence-electron chi connectivity index (χ2n) is 35.2. The topological polar surface area (TPSA) is 92.1 Å². The van der Waals surface area contributed by atoms with Crippen molar-refractivity contribution in [3.05, 3.63) is 491 Å². The van der Waals surface area contributed by atoms with Gasteiger partial charge in [0.25, 0.3) is 0 Å².